The second kappa shape index (κ2) is 5.83. The summed E-state index contributed by atoms with van der Waals surface area (Å²) >= 11 is 0. The van der Waals surface area contributed by atoms with Crippen LogP contribution in [0.15, 0.2) is 18.2 Å². The summed E-state index contributed by atoms with van der Waals surface area (Å²) in [6, 6.07) is 6.50. The van der Waals surface area contributed by atoms with Crippen molar-refractivity contribution in [2.75, 3.05) is 19.6 Å². The minimum Gasteiger partial charge on any atom is -0.371 e. The van der Waals surface area contributed by atoms with Crippen molar-refractivity contribution in [2.24, 2.45) is 5.73 Å². The van der Waals surface area contributed by atoms with Gasteiger partial charge < -0.3 is 10.5 Å². The lowest BCUT2D eigenvalue weighted by Crippen LogP contribution is -2.48. The molecule has 1 aliphatic rings. The lowest BCUT2D eigenvalue weighted by Gasteiger charge is -2.36. The topological polar surface area (TPSA) is 38.5 Å². The largest absolute Gasteiger partial charge is 0.371 e. The summed E-state index contributed by atoms with van der Waals surface area (Å²) in [6.45, 7) is 10.0. The van der Waals surface area contributed by atoms with Gasteiger partial charge in [0.2, 0.25) is 0 Å². The number of nitrogens with zero attached hydrogens (tertiary/aromatic N) is 1. The van der Waals surface area contributed by atoms with Gasteiger partial charge in [-0.15, -0.1) is 0 Å². The molecule has 2 N–H and O–H groups in total. The van der Waals surface area contributed by atoms with E-state index in [-0.39, 0.29) is 12.2 Å². The van der Waals surface area contributed by atoms with E-state index in [2.05, 4.69) is 43.9 Å². The Bertz CT molecular complexity index is 385. The molecule has 18 heavy (non-hydrogen) atoms. The molecule has 0 radical (unpaired) electrons. The maximum absolute atomic E-state index is 5.80. The van der Waals surface area contributed by atoms with Crippen LogP contribution in [0, 0.1) is 13.8 Å². The highest BCUT2D eigenvalue weighted by Gasteiger charge is 2.24. The van der Waals surface area contributed by atoms with Crippen molar-refractivity contribution >= 4 is 0 Å². The second-order valence-corrected chi connectivity index (χ2v) is 5.37. The molecule has 1 heterocycles. The molecule has 0 aliphatic carbocycles. The third kappa shape index (κ3) is 3.10. The first-order valence-corrected chi connectivity index (χ1v) is 6.73. The van der Waals surface area contributed by atoms with Crippen LogP contribution in [0.5, 0.6) is 0 Å². The van der Waals surface area contributed by atoms with Gasteiger partial charge in [-0.1, -0.05) is 18.2 Å². The molecular formula is C15H24N2O. The van der Waals surface area contributed by atoms with Gasteiger partial charge in [-0.05, 0) is 37.5 Å². The second-order valence-electron chi connectivity index (χ2n) is 5.37. The Morgan fingerprint density at radius 1 is 1.28 bits per heavy atom. The molecule has 2 rings (SSSR count). The predicted octanol–water partition coefficient (Wildman–Crippen LogP) is 1.85. The fraction of sp³-hybridized carbons (Fsp3) is 0.600. The van der Waals surface area contributed by atoms with Crippen LogP contribution < -0.4 is 5.73 Å². The highest BCUT2D eigenvalue weighted by molar-refractivity contribution is 5.33. The van der Waals surface area contributed by atoms with Gasteiger partial charge in [-0.3, -0.25) is 4.90 Å². The summed E-state index contributed by atoms with van der Waals surface area (Å²) in [5.74, 6) is 0. The Kier molecular flexibility index (Phi) is 4.38. The van der Waals surface area contributed by atoms with Crippen molar-refractivity contribution in [3.05, 3.63) is 34.9 Å². The molecule has 1 aromatic carbocycles. The fourth-order valence-corrected chi connectivity index (χ4v) is 2.72. The van der Waals surface area contributed by atoms with Crippen LogP contribution in [0.2, 0.25) is 0 Å². The first-order chi connectivity index (χ1) is 8.60. The quantitative estimate of drug-likeness (QED) is 0.887. The minimum atomic E-state index is 0.179. The standard InChI is InChI=1S/C15H24N2O/c1-11-5-4-6-12(2)15(11)10-17-8-13(3)18-14(7-16)9-17/h4-6,13-14H,7-10,16H2,1-3H3. The summed E-state index contributed by atoms with van der Waals surface area (Å²) in [4.78, 5) is 2.46. The molecule has 1 saturated heterocycles. The summed E-state index contributed by atoms with van der Waals surface area (Å²) in [5, 5.41) is 0. The predicted molar refractivity (Wildman–Crippen MR) is 74.6 cm³/mol. The Balaban J connectivity index is 2.08. The zero-order valence-electron chi connectivity index (χ0n) is 11.6. The maximum Gasteiger partial charge on any atom is 0.0828 e. The zero-order valence-corrected chi connectivity index (χ0v) is 11.6. The van der Waals surface area contributed by atoms with Crippen LogP contribution in [0.4, 0.5) is 0 Å². The molecule has 3 heteroatoms. The molecule has 2 unspecified atom stereocenters. The van der Waals surface area contributed by atoms with E-state index < -0.39 is 0 Å². The van der Waals surface area contributed by atoms with Gasteiger partial charge in [-0.25, -0.2) is 0 Å². The molecule has 1 aliphatic heterocycles. The van der Waals surface area contributed by atoms with E-state index in [0.29, 0.717) is 6.54 Å². The number of rotatable bonds is 3. The van der Waals surface area contributed by atoms with Crippen LogP contribution in [-0.4, -0.2) is 36.7 Å². The summed E-state index contributed by atoms with van der Waals surface area (Å²) in [7, 11) is 0. The number of hydrogen-bond acceptors (Lipinski definition) is 3. The van der Waals surface area contributed by atoms with Crippen LogP contribution in [0.1, 0.15) is 23.6 Å². The highest BCUT2D eigenvalue weighted by atomic mass is 16.5. The van der Waals surface area contributed by atoms with Crippen molar-refractivity contribution in [3.8, 4) is 0 Å². The molecule has 1 fully saturated rings. The van der Waals surface area contributed by atoms with Crippen LogP contribution in [0.3, 0.4) is 0 Å². The minimum absolute atomic E-state index is 0.179. The van der Waals surface area contributed by atoms with Crippen molar-refractivity contribution in [2.45, 2.75) is 39.5 Å². The van der Waals surface area contributed by atoms with Gasteiger partial charge in [0.05, 0.1) is 12.2 Å². The Hall–Kier alpha value is -0.900. The van der Waals surface area contributed by atoms with E-state index in [4.69, 9.17) is 10.5 Å². The molecule has 2 atom stereocenters. The molecule has 0 spiro atoms. The Labute approximate surface area is 110 Å². The van der Waals surface area contributed by atoms with E-state index in [0.717, 1.165) is 19.6 Å². The Morgan fingerprint density at radius 2 is 1.94 bits per heavy atom. The van der Waals surface area contributed by atoms with Crippen molar-refractivity contribution in [1.82, 2.24) is 4.90 Å². The fourth-order valence-electron chi connectivity index (χ4n) is 2.72. The lowest BCUT2D eigenvalue weighted by atomic mass is 10.0. The summed E-state index contributed by atoms with van der Waals surface area (Å²) in [5.41, 5.74) is 9.92. The first kappa shape index (κ1) is 13.5. The number of hydrogen-bond donors (Lipinski definition) is 1. The number of ether oxygens (including phenoxy) is 1. The first-order valence-electron chi connectivity index (χ1n) is 6.73. The van der Waals surface area contributed by atoms with E-state index in [1.807, 2.05) is 0 Å². The molecule has 0 amide bonds. The van der Waals surface area contributed by atoms with Gasteiger partial charge in [-0.2, -0.15) is 0 Å². The normalized spacial score (nSPS) is 25.3. The van der Waals surface area contributed by atoms with E-state index in [1.165, 1.54) is 16.7 Å². The molecule has 3 nitrogen and oxygen atoms in total. The van der Waals surface area contributed by atoms with Crippen molar-refractivity contribution in [1.29, 1.82) is 0 Å². The Morgan fingerprint density at radius 3 is 2.56 bits per heavy atom. The zero-order chi connectivity index (χ0) is 13.1. The highest BCUT2D eigenvalue weighted by Crippen LogP contribution is 2.19. The monoisotopic (exact) mass is 248 g/mol. The summed E-state index contributed by atoms with van der Waals surface area (Å²) < 4.78 is 5.80. The van der Waals surface area contributed by atoms with E-state index >= 15 is 0 Å². The van der Waals surface area contributed by atoms with Crippen LogP contribution >= 0.6 is 0 Å². The molecule has 1 aromatic rings. The van der Waals surface area contributed by atoms with E-state index in [9.17, 15) is 0 Å². The van der Waals surface area contributed by atoms with Crippen LogP contribution in [-0.2, 0) is 11.3 Å². The molecule has 100 valence electrons. The lowest BCUT2D eigenvalue weighted by molar-refractivity contribution is -0.0745. The number of benzene rings is 1. The van der Waals surface area contributed by atoms with E-state index in [1.54, 1.807) is 0 Å². The average Bonchev–Trinajstić information content (AvgIpc) is 2.33. The van der Waals surface area contributed by atoms with Gasteiger partial charge in [0.15, 0.2) is 0 Å². The van der Waals surface area contributed by atoms with Gasteiger partial charge in [0.1, 0.15) is 0 Å². The summed E-state index contributed by atoms with van der Waals surface area (Å²) in [6.07, 6.45) is 0.453. The molecular weight excluding hydrogens is 224 g/mol. The number of nitrogens with two attached hydrogens (primary N) is 1. The average molecular weight is 248 g/mol. The SMILES string of the molecule is Cc1cccc(C)c1CN1CC(C)OC(CN)C1. The third-order valence-electron chi connectivity index (χ3n) is 3.69. The molecule has 0 bridgehead atoms. The third-order valence-corrected chi connectivity index (χ3v) is 3.69. The van der Waals surface area contributed by atoms with Crippen LogP contribution in [0.25, 0.3) is 0 Å². The van der Waals surface area contributed by atoms with Gasteiger partial charge >= 0.3 is 0 Å². The van der Waals surface area contributed by atoms with Crippen molar-refractivity contribution in [3.63, 3.8) is 0 Å². The smallest absolute Gasteiger partial charge is 0.0828 e. The maximum atomic E-state index is 5.80. The molecule has 0 aromatic heterocycles. The van der Waals surface area contributed by atoms with Gasteiger partial charge in [0.25, 0.3) is 0 Å². The number of aryl methyl sites for hydroxylation is 2. The van der Waals surface area contributed by atoms with Gasteiger partial charge in [0, 0.05) is 26.2 Å². The molecule has 0 saturated carbocycles. The van der Waals surface area contributed by atoms with Crippen molar-refractivity contribution < 1.29 is 4.74 Å². The number of morpholine rings is 1.